The Morgan fingerprint density at radius 1 is 1.23 bits per heavy atom. The lowest BCUT2D eigenvalue weighted by atomic mass is 9.98. The molecule has 1 heteroatoms. The van der Waals surface area contributed by atoms with E-state index in [1.807, 2.05) is 13.8 Å². The first kappa shape index (κ1) is 13.0. The molecule has 0 saturated carbocycles. The van der Waals surface area contributed by atoms with E-state index in [1.165, 1.54) is 38.6 Å². The predicted molar refractivity (Wildman–Crippen MR) is 61.1 cm³/mol. The Bertz CT molecular complexity index is 101. The van der Waals surface area contributed by atoms with E-state index in [0.29, 0.717) is 0 Å². The monoisotopic (exact) mass is 185 g/mol. The van der Waals surface area contributed by atoms with E-state index in [-0.39, 0.29) is 0 Å². The molecule has 1 aliphatic heterocycles. The molecule has 1 unspecified atom stereocenters. The van der Waals surface area contributed by atoms with Gasteiger partial charge in [-0.15, -0.1) is 0 Å². The summed E-state index contributed by atoms with van der Waals surface area (Å²) in [5.41, 5.74) is 0. The van der Waals surface area contributed by atoms with Crippen LogP contribution in [0.15, 0.2) is 0 Å². The van der Waals surface area contributed by atoms with Crippen LogP contribution >= 0.6 is 0 Å². The van der Waals surface area contributed by atoms with Crippen molar-refractivity contribution in [1.82, 2.24) is 5.32 Å². The molecule has 0 aromatic rings. The van der Waals surface area contributed by atoms with Crippen molar-refractivity contribution in [3.63, 3.8) is 0 Å². The average molecular weight is 185 g/mol. The highest BCUT2D eigenvalue weighted by Crippen LogP contribution is 2.19. The minimum Gasteiger partial charge on any atom is -0.314 e. The maximum absolute atomic E-state index is 3.57. The Balaban J connectivity index is 0.000000671. The second kappa shape index (κ2) is 8.55. The van der Waals surface area contributed by atoms with Crippen LogP contribution in [0, 0.1) is 5.92 Å². The van der Waals surface area contributed by atoms with Gasteiger partial charge in [0.25, 0.3) is 0 Å². The summed E-state index contributed by atoms with van der Waals surface area (Å²) in [4.78, 5) is 0. The molecule has 1 N–H and O–H groups in total. The molecule has 0 spiro atoms. The van der Waals surface area contributed by atoms with Gasteiger partial charge in [0.05, 0.1) is 0 Å². The summed E-state index contributed by atoms with van der Waals surface area (Å²) in [6.45, 7) is 9.89. The summed E-state index contributed by atoms with van der Waals surface area (Å²) in [7, 11) is 0. The van der Waals surface area contributed by atoms with Crippen molar-refractivity contribution in [1.29, 1.82) is 0 Å². The number of nitrogens with one attached hydrogen (secondary N) is 1. The fraction of sp³-hybridized carbons (Fsp3) is 1.00. The van der Waals surface area contributed by atoms with Gasteiger partial charge in [0.1, 0.15) is 0 Å². The molecule has 1 saturated heterocycles. The van der Waals surface area contributed by atoms with Gasteiger partial charge >= 0.3 is 0 Å². The molecule has 1 nitrogen and oxygen atoms in total. The molecule has 1 fully saturated rings. The first-order valence-electron chi connectivity index (χ1n) is 6.08. The summed E-state index contributed by atoms with van der Waals surface area (Å²) in [6, 6.07) is 0.835. The summed E-state index contributed by atoms with van der Waals surface area (Å²) >= 11 is 0. The quantitative estimate of drug-likeness (QED) is 0.660. The van der Waals surface area contributed by atoms with Crippen molar-refractivity contribution in [2.75, 3.05) is 6.54 Å². The molecule has 2 atom stereocenters. The molecular formula is C12H27N. The maximum atomic E-state index is 3.57. The number of hydrogen-bond acceptors (Lipinski definition) is 1. The second-order valence-corrected chi connectivity index (χ2v) is 3.82. The van der Waals surface area contributed by atoms with E-state index in [9.17, 15) is 0 Å². The molecule has 1 rings (SSSR count). The molecule has 1 heterocycles. The van der Waals surface area contributed by atoms with Crippen LogP contribution in [-0.4, -0.2) is 12.6 Å². The third-order valence-corrected chi connectivity index (χ3v) is 2.81. The lowest BCUT2D eigenvalue weighted by molar-refractivity contribution is 0.434. The highest BCUT2D eigenvalue weighted by molar-refractivity contribution is 4.80. The SMILES string of the molecule is CC.CCCCCC1NCC[C@H]1C. The first-order chi connectivity index (χ1) is 6.34. The standard InChI is InChI=1S/C10H21N.C2H6/c1-3-4-5-6-10-9(2)7-8-11-10;1-2/h9-11H,3-8H2,1-2H3;1-2H3/t9-,10?;/m1./s1. The summed E-state index contributed by atoms with van der Waals surface area (Å²) in [5.74, 6) is 0.923. The fourth-order valence-corrected chi connectivity index (χ4v) is 1.90. The van der Waals surface area contributed by atoms with E-state index >= 15 is 0 Å². The molecule has 13 heavy (non-hydrogen) atoms. The third-order valence-electron chi connectivity index (χ3n) is 2.81. The highest BCUT2D eigenvalue weighted by atomic mass is 14.9. The van der Waals surface area contributed by atoms with Crippen LogP contribution in [0.2, 0.25) is 0 Å². The Labute approximate surface area is 84.3 Å². The summed E-state index contributed by atoms with van der Waals surface area (Å²) in [6.07, 6.45) is 6.95. The number of rotatable bonds is 4. The first-order valence-corrected chi connectivity index (χ1v) is 6.08. The largest absolute Gasteiger partial charge is 0.314 e. The summed E-state index contributed by atoms with van der Waals surface area (Å²) < 4.78 is 0. The van der Waals surface area contributed by atoms with Crippen molar-refractivity contribution < 1.29 is 0 Å². The van der Waals surface area contributed by atoms with Crippen molar-refractivity contribution in [3.05, 3.63) is 0 Å². The Morgan fingerprint density at radius 3 is 2.38 bits per heavy atom. The Kier molecular flexibility index (Phi) is 8.53. The van der Waals surface area contributed by atoms with Crippen LogP contribution in [0.4, 0.5) is 0 Å². The van der Waals surface area contributed by atoms with Gasteiger partial charge in [0.15, 0.2) is 0 Å². The van der Waals surface area contributed by atoms with Crippen LogP contribution < -0.4 is 5.32 Å². The number of hydrogen-bond donors (Lipinski definition) is 1. The van der Waals surface area contributed by atoms with Crippen molar-refractivity contribution >= 4 is 0 Å². The third kappa shape index (κ3) is 5.30. The predicted octanol–water partition coefficient (Wildman–Crippen LogP) is 3.59. The van der Waals surface area contributed by atoms with Gasteiger partial charge in [0.2, 0.25) is 0 Å². The van der Waals surface area contributed by atoms with E-state index in [4.69, 9.17) is 0 Å². The molecule has 0 bridgehead atoms. The molecule has 0 amide bonds. The fourth-order valence-electron chi connectivity index (χ4n) is 1.90. The van der Waals surface area contributed by atoms with Gasteiger partial charge in [0, 0.05) is 6.04 Å². The van der Waals surface area contributed by atoms with Crippen molar-refractivity contribution in [2.24, 2.45) is 5.92 Å². The molecule has 0 aromatic heterocycles. The minimum atomic E-state index is 0.835. The van der Waals surface area contributed by atoms with Gasteiger partial charge in [-0.25, -0.2) is 0 Å². The minimum absolute atomic E-state index is 0.835. The number of unbranched alkanes of at least 4 members (excludes halogenated alkanes) is 2. The Morgan fingerprint density at radius 2 is 1.92 bits per heavy atom. The molecular weight excluding hydrogens is 158 g/mol. The smallest absolute Gasteiger partial charge is 0.00931 e. The maximum Gasteiger partial charge on any atom is 0.00931 e. The van der Waals surface area contributed by atoms with E-state index in [2.05, 4.69) is 19.2 Å². The van der Waals surface area contributed by atoms with Gasteiger partial charge in [-0.05, 0) is 25.3 Å². The van der Waals surface area contributed by atoms with E-state index in [0.717, 1.165) is 12.0 Å². The zero-order chi connectivity index (χ0) is 10.1. The van der Waals surface area contributed by atoms with Crippen LogP contribution in [-0.2, 0) is 0 Å². The zero-order valence-corrected chi connectivity index (χ0v) is 9.90. The van der Waals surface area contributed by atoms with Crippen LogP contribution in [0.1, 0.15) is 59.8 Å². The zero-order valence-electron chi connectivity index (χ0n) is 9.90. The molecule has 0 aliphatic carbocycles. The van der Waals surface area contributed by atoms with Crippen LogP contribution in [0.25, 0.3) is 0 Å². The van der Waals surface area contributed by atoms with Gasteiger partial charge < -0.3 is 5.32 Å². The topological polar surface area (TPSA) is 12.0 Å². The van der Waals surface area contributed by atoms with Gasteiger partial charge in [-0.2, -0.15) is 0 Å². The van der Waals surface area contributed by atoms with Crippen LogP contribution in [0.3, 0.4) is 0 Å². The second-order valence-electron chi connectivity index (χ2n) is 3.82. The molecule has 0 aromatic carbocycles. The van der Waals surface area contributed by atoms with Crippen molar-refractivity contribution in [2.45, 2.75) is 65.8 Å². The molecule has 1 aliphatic rings. The van der Waals surface area contributed by atoms with E-state index in [1.54, 1.807) is 0 Å². The lowest BCUT2D eigenvalue weighted by Crippen LogP contribution is -2.25. The van der Waals surface area contributed by atoms with Crippen molar-refractivity contribution in [3.8, 4) is 0 Å². The van der Waals surface area contributed by atoms with Gasteiger partial charge in [-0.1, -0.05) is 47.0 Å². The highest BCUT2D eigenvalue weighted by Gasteiger charge is 2.21. The molecule has 0 radical (unpaired) electrons. The Hall–Kier alpha value is -0.0400. The normalized spacial score (nSPS) is 26.8. The van der Waals surface area contributed by atoms with Gasteiger partial charge in [-0.3, -0.25) is 0 Å². The molecule has 80 valence electrons. The van der Waals surface area contributed by atoms with Crippen LogP contribution in [0.5, 0.6) is 0 Å². The lowest BCUT2D eigenvalue weighted by Gasteiger charge is -2.14. The summed E-state index contributed by atoms with van der Waals surface area (Å²) in [5, 5.41) is 3.57. The van der Waals surface area contributed by atoms with E-state index < -0.39 is 0 Å². The average Bonchev–Trinajstić information content (AvgIpc) is 2.56.